The standard InChI is InChI=1S/C21H19N3O2/c1-24(26-2)21(25)18-13-19(15-22-14-18)23-20(16-9-5-3-6-10-16)17-11-7-4-8-12-17/h3-15H,1-2H3. The van der Waals surface area contributed by atoms with Crippen molar-refractivity contribution in [1.29, 1.82) is 0 Å². The number of aliphatic imine (C=N–C) groups is 1. The molecule has 5 heteroatoms. The number of benzene rings is 2. The fourth-order valence-electron chi connectivity index (χ4n) is 2.49. The highest BCUT2D eigenvalue weighted by Crippen LogP contribution is 2.19. The van der Waals surface area contributed by atoms with Crippen LogP contribution in [0.3, 0.4) is 0 Å². The topological polar surface area (TPSA) is 54.8 Å². The van der Waals surface area contributed by atoms with Gasteiger partial charge < -0.3 is 0 Å². The Kier molecular flexibility index (Phi) is 5.51. The molecule has 1 aromatic heterocycles. The zero-order valence-corrected chi connectivity index (χ0v) is 14.7. The number of hydroxylamine groups is 2. The van der Waals surface area contributed by atoms with E-state index in [1.54, 1.807) is 19.3 Å². The molecule has 1 amide bonds. The minimum absolute atomic E-state index is 0.280. The van der Waals surface area contributed by atoms with Crippen molar-refractivity contribution in [2.45, 2.75) is 0 Å². The van der Waals surface area contributed by atoms with Crippen molar-refractivity contribution in [3.63, 3.8) is 0 Å². The molecule has 5 nitrogen and oxygen atoms in total. The van der Waals surface area contributed by atoms with E-state index in [9.17, 15) is 4.79 Å². The van der Waals surface area contributed by atoms with Crippen LogP contribution < -0.4 is 0 Å². The summed E-state index contributed by atoms with van der Waals surface area (Å²) in [5.74, 6) is -0.280. The van der Waals surface area contributed by atoms with Crippen LogP contribution in [0.1, 0.15) is 21.5 Å². The van der Waals surface area contributed by atoms with Gasteiger partial charge in [-0.05, 0) is 6.07 Å². The molecule has 0 spiro atoms. The molecule has 2 aromatic carbocycles. The summed E-state index contributed by atoms with van der Waals surface area (Å²) in [6.45, 7) is 0. The van der Waals surface area contributed by atoms with Gasteiger partial charge >= 0.3 is 0 Å². The molecule has 0 saturated carbocycles. The van der Waals surface area contributed by atoms with Gasteiger partial charge in [0, 0.05) is 24.4 Å². The van der Waals surface area contributed by atoms with Gasteiger partial charge in [0.25, 0.3) is 5.91 Å². The van der Waals surface area contributed by atoms with Gasteiger partial charge in [0.05, 0.1) is 30.3 Å². The van der Waals surface area contributed by atoms with Crippen LogP contribution in [0.4, 0.5) is 5.69 Å². The SMILES string of the molecule is CON(C)C(=O)c1cncc(N=C(c2ccccc2)c2ccccc2)c1. The van der Waals surface area contributed by atoms with E-state index in [2.05, 4.69) is 4.98 Å². The molecule has 3 aromatic rings. The third kappa shape index (κ3) is 4.02. The van der Waals surface area contributed by atoms with E-state index in [-0.39, 0.29) is 5.91 Å². The van der Waals surface area contributed by atoms with Gasteiger partial charge in [-0.15, -0.1) is 0 Å². The second kappa shape index (κ2) is 8.18. The summed E-state index contributed by atoms with van der Waals surface area (Å²) in [4.78, 5) is 26.1. The van der Waals surface area contributed by atoms with Crippen LogP contribution in [-0.4, -0.2) is 35.8 Å². The normalized spacial score (nSPS) is 10.2. The Hall–Kier alpha value is -3.31. The molecule has 0 fully saturated rings. The monoisotopic (exact) mass is 345 g/mol. The Morgan fingerprint density at radius 1 is 0.923 bits per heavy atom. The predicted molar refractivity (Wildman–Crippen MR) is 102 cm³/mol. The van der Waals surface area contributed by atoms with Gasteiger partial charge in [-0.1, -0.05) is 60.7 Å². The lowest BCUT2D eigenvalue weighted by molar-refractivity contribution is -0.0757. The minimum atomic E-state index is -0.280. The number of nitrogens with zero attached hydrogens (tertiary/aromatic N) is 3. The average Bonchev–Trinajstić information content (AvgIpc) is 2.72. The van der Waals surface area contributed by atoms with Gasteiger partial charge in [0.1, 0.15) is 0 Å². The highest BCUT2D eigenvalue weighted by molar-refractivity contribution is 6.14. The van der Waals surface area contributed by atoms with Crippen LogP contribution in [-0.2, 0) is 4.84 Å². The Labute approximate surface area is 152 Å². The first-order valence-electron chi connectivity index (χ1n) is 8.16. The van der Waals surface area contributed by atoms with E-state index < -0.39 is 0 Å². The first-order valence-corrected chi connectivity index (χ1v) is 8.16. The maximum absolute atomic E-state index is 12.3. The molecule has 0 aliphatic carbocycles. The number of pyridine rings is 1. The number of carbonyl (C=O) groups excluding carboxylic acids is 1. The van der Waals surface area contributed by atoms with Gasteiger partial charge in [-0.2, -0.15) is 0 Å². The van der Waals surface area contributed by atoms with E-state index in [0.717, 1.165) is 21.9 Å². The van der Waals surface area contributed by atoms with Crippen molar-refractivity contribution >= 4 is 17.3 Å². The molecule has 3 rings (SSSR count). The highest BCUT2D eigenvalue weighted by atomic mass is 16.7. The lowest BCUT2D eigenvalue weighted by Crippen LogP contribution is -2.25. The van der Waals surface area contributed by atoms with Gasteiger partial charge in [0.15, 0.2) is 0 Å². The largest absolute Gasteiger partial charge is 0.278 e. The molecule has 0 N–H and O–H groups in total. The van der Waals surface area contributed by atoms with Crippen molar-refractivity contribution in [3.05, 3.63) is 95.8 Å². The third-order valence-electron chi connectivity index (χ3n) is 3.87. The number of hydrogen-bond donors (Lipinski definition) is 0. The molecule has 0 saturated heterocycles. The molecular weight excluding hydrogens is 326 g/mol. The summed E-state index contributed by atoms with van der Waals surface area (Å²) in [6.07, 6.45) is 3.14. The molecule has 130 valence electrons. The molecule has 26 heavy (non-hydrogen) atoms. The van der Waals surface area contributed by atoms with E-state index in [1.807, 2.05) is 60.7 Å². The van der Waals surface area contributed by atoms with E-state index >= 15 is 0 Å². The first kappa shape index (κ1) is 17.5. The van der Waals surface area contributed by atoms with E-state index in [1.165, 1.54) is 13.3 Å². The van der Waals surface area contributed by atoms with Crippen molar-refractivity contribution in [2.24, 2.45) is 4.99 Å². The lowest BCUT2D eigenvalue weighted by Gasteiger charge is -2.13. The van der Waals surface area contributed by atoms with Crippen LogP contribution in [0.5, 0.6) is 0 Å². The Bertz CT molecular complexity index is 867. The summed E-state index contributed by atoms with van der Waals surface area (Å²) >= 11 is 0. The molecule has 0 aliphatic rings. The summed E-state index contributed by atoms with van der Waals surface area (Å²) in [7, 11) is 2.99. The van der Waals surface area contributed by atoms with Crippen LogP contribution in [0.2, 0.25) is 0 Å². The van der Waals surface area contributed by atoms with E-state index in [4.69, 9.17) is 9.83 Å². The zero-order valence-electron chi connectivity index (χ0n) is 14.7. The molecule has 0 aliphatic heterocycles. The van der Waals surface area contributed by atoms with Crippen molar-refractivity contribution in [1.82, 2.24) is 10.0 Å². The third-order valence-corrected chi connectivity index (χ3v) is 3.87. The van der Waals surface area contributed by atoms with Crippen LogP contribution in [0, 0.1) is 0 Å². The lowest BCUT2D eigenvalue weighted by atomic mass is 10.0. The molecule has 0 atom stereocenters. The van der Waals surface area contributed by atoms with Crippen molar-refractivity contribution in [3.8, 4) is 0 Å². The predicted octanol–water partition coefficient (Wildman–Crippen LogP) is 3.88. The Balaban J connectivity index is 2.05. The number of rotatable bonds is 5. The maximum Gasteiger partial charge on any atom is 0.278 e. The molecule has 0 bridgehead atoms. The highest BCUT2D eigenvalue weighted by Gasteiger charge is 2.13. The number of hydrogen-bond acceptors (Lipinski definition) is 4. The van der Waals surface area contributed by atoms with Gasteiger partial charge in [-0.3, -0.25) is 14.6 Å². The number of aromatic nitrogens is 1. The summed E-state index contributed by atoms with van der Waals surface area (Å²) in [5.41, 5.74) is 3.81. The van der Waals surface area contributed by atoms with Gasteiger partial charge in [-0.25, -0.2) is 10.1 Å². The summed E-state index contributed by atoms with van der Waals surface area (Å²) in [5, 5.41) is 1.15. The molecule has 1 heterocycles. The second-order valence-corrected chi connectivity index (χ2v) is 5.61. The summed E-state index contributed by atoms with van der Waals surface area (Å²) < 4.78 is 0. The quantitative estimate of drug-likeness (QED) is 0.521. The van der Waals surface area contributed by atoms with Crippen molar-refractivity contribution in [2.75, 3.05) is 14.2 Å². The fourth-order valence-corrected chi connectivity index (χ4v) is 2.49. The summed E-state index contributed by atoms with van der Waals surface area (Å²) in [6, 6.07) is 21.6. The minimum Gasteiger partial charge on any atom is -0.274 e. The van der Waals surface area contributed by atoms with Crippen LogP contribution in [0.25, 0.3) is 0 Å². The van der Waals surface area contributed by atoms with E-state index in [0.29, 0.717) is 11.3 Å². The average molecular weight is 345 g/mol. The second-order valence-electron chi connectivity index (χ2n) is 5.61. The number of amides is 1. The molecule has 0 radical (unpaired) electrons. The Morgan fingerprint density at radius 2 is 1.50 bits per heavy atom. The smallest absolute Gasteiger partial charge is 0.274 e. The van der Waals surface area contributed by atoms with Gasteiger partial charge in [0.2, 0.25) is 0 Å². The van der Waals surface area contributed by atoms with Crippen LogP contribution in [0.15, 0.2) is 84.1 Å². The maximum atomic E-state index is 12.3. The zero-order chi connectivity index (χ0) is 18.4. The fraction of sp³-hybridized carbons (Fsp3) is 0.0952. The Morgan fingerprint density at radius 3 is 2.04 bits per heavy atom. The first-order chi connectivity index (χ1) is 12.7. The molecule has 0 unspecified atom stereocenters. The number of carbonyl (C=O) groups is 1. The van der Waals surface area contributed by atoms with Crippen LogP contribution >= 0.6 is 0 Å². The van der Waals surface area contributed by atoms with Crippen molar-refractivity contribution < 1.29 is 9.63 Å². The molecular formula is C21H19N3O2.